The van der Waals surface area contributed by atoms with Gasteiger partial charge in [-0.05, 0) is 30.5 Å². The number of aliphatic hydroxyl groups excluding tert-OH is 1. The Balaban J connectivity index is 2.19. The molecule has 1 aromatic rings. The van der Waals surface area contributed by atoms with E-state index in [1.807, 2.05) is 30.0 Å². The Kier molecular flexibility index (Phi) is 4.43. The average Bonchev–Trinajstić information content (AvgIpc) is 2.43. The summed E-state index contributed by atoms with van der Waals surface area (Å²) in [6, 6.07) is 5.59. The van der Waals surface area contributed by atoms with Gasteiger partial charge >= 0.3 is 0 Å². The zero-order chi connectivity index (χ0) is 13.8. The monoisotopic (exact) mass is 263 g/mol. The molecule has 1 N–H and O–H groups in total. The van der Waals surface area contributed by atoms with E-state index in [-0.39, 0.29) is 18.4 Å². The number of nitrogens with zero attached hydrogens (tertiary/aromatic N) is 1. The van der Waals surface area contributed by atoms with Crippen LogP contribution in [0.5, 0.6) is 5.75 Å². The first-order valence-corrected chi connectivity index (χ1v) is 6.71. The van der Waals surface area contributed by atoms with Crippen LogP contribution in [0.2, 0.25) is 0 Å². The Hall–Kier alpha value is -1.55. The van der Waals surface area contributed by atoms with Crippen molar-refractivity contribution in [3.8, 4) is 5.75 Å². The van der Waals surface area contributed by atoms with Crippen molar-refractivity contribution in [3.05, 3.63) is 29.3 Å². The summed E-state index contributed by atoms with van der Waals surface area (Å²) in [6.45, 7) is 3.34. The van der Waals surface area contributed by atoms with Gasteiger partial charge in [-0.1, -0.05) is 13.0 Å². The van der Waals surface area contributed by atoms with Crippen LogP contribution >= 0.6 is 0 Å². The summed E-state index contributed by atoms with van der Waals surface area (Å²) in [5.74, 6) is 1.09. The number of ether oxygens (including phenoxy) is 1. The van der Waals surface area contributed by atoms with Crippen molar-refractivity contribution >= 4 is 5.91 Å². The minimum atomic E-state index is 0.00133. The summed E-state index contributed by atoms with van der Waals surface area (Å²) in [7, 11) is 1.62. The fraction of sp³-hybridized carbons (Fsp3) is 0.533. The third-order valence-electron chi connectivity index (χ3n) is 3.69. The molecule has 0 spiro atoms. The molecule has 1 aromatic carbocycles. The largest absolute Gasteiger partial charge is 0.496 e. The molecule has 1 amide bonds. The summed E-state index contributed by atoms with van der Waals surface area (Å²) >= 11 is 0. The van der Waals surface area contributed by atoms with E-state index in [2.05, 4.69) is 0 Å². The number of hydrogen-bond donors (Lipinski definition) is 1. The Bertz CT molecular complexity index is 459. The third kappa shape index (κ3) is 3.07. The van der Waals surface area contributed by atoms with Crippen LogP contribution in [0.4, 0.5) is 0 Å². The fourth-order valence-corrected chi connectivity index (χ4v) is 2.55. The molecule has 1 aliphatic heterocycles. The molecule has 104 valence electrons. The zero-order valence-corrected chi connectivity index (χ0v) is 11.6. The number of rotatable bonds is 4. The lowest BCUT2D eigenvalue weighted by atomic mass is 9.98. The highest BCUT2D eigenvalue weighted by atomic mass is 16.5. The minimum absolute atomic E-state index is 0.00133. The fourth-order valence-electron chi connectivity index (χ4n) is 2.55. The van der Waals surface area contributed by atoms with Crippen molar-refractivity contribution in [3.63, 3.8) is 0 Å². The van der Waals surface area contributed by atoms with Crippen LogP contribution in [0.3, 0.4) is 0 Å². The Morgan fingerprint density at radius 1 is 1.47 bits per heavy atom. The molecule has 0 radical (unpaired) electrons. The van der Waals surface area contributed by atoms with Gasteiger partial charge in [0, 0.05) is 24.6 Å². The minimum Gasteiger partial charge on any atom is -0.496 e. The van der Waals surface area contributed by atoms with Crippen molar-refractivity contribution < 1.29 is 14.6 Å². The molecule has 1 heterocycles. The van der Waals surface area contributed by atoms with Gasteiger partial charge in [-0.25, -0.2) is 0 Å². The van der Waals surface area contributed by atoms with Crippen molar-refractivity contribution in [1.29, 1.82) is 0 Å². The van der Waals surface area contributed by atoms with Gasteiger partial charge in [-0.15, -0.1) is 0 Å². The van der Waals surface area contributed by atoms with Crippen molar-refractivity contribution in [2.45, 2.75) is 32.9 Å². The standard InChI is InChI=1S/C15H21NO3/c1-11-4-3-7-16(15(11)18)9-13-8-12(10-17)5-6-14(13)19-2/h5-6,8,11,17H,3-4,7,9-10H2,1-2H3. The Morgan fingerprint density at radius 3 is 2.95 bits per heavy atom. The normalized spacial score (nSPS) is 19.6. The lowest BCUT2D eigenvalue weighted by Gasteiger charge is -2.31. The number of methoxy groups -OCH3 is 1. The molecule has 1 saturated heterocycles. The smallest absolute Gasteiger partial charge is 0.225 e. The van der Waals surface area contributed by atoms with Crippen molar-refractivity contribution in [2.24, 2.45) is 5.92 Å². The predicted molar refractivity (Wildman–Crippen MR) is 72.7 cm³/mol. The summed E-state index contributed by atoms with van der Waals surface area (Å²) in [5, 5.41) is 9.20. The zero-order valence-electron chi connectivity index (χ0n) is 11.6. The summed E-state index contributed by atoms with van der Waals surface area (Å²) < 4.78 is 5.33. The van der Waals surface area contributed by atoms with Crippen LogP contribution < -0.4 is 4.74 Å². The van der Waals surface area contributed by atoms with Crippen LogP contribution in [-0.2, 0) is 17.9 Å². The van der Waals surface area contributed by atoms with E-state index >= 15 is 0 Å². The molecule has 1 fully saturated rings. The molecule has 4 heteroatoms. The molecule has 19 heavy (non-hydrogen) atoms. The molecule has 2 rings (SSSR count). The quantitative estimate of drug-likeness (QED) is 0.903. The predicted octanol–water partition coefficient (Wildman–Crippen LogP) is 1.95. The summed E-state index contributed by atoms with van der Waals surface area (Å²) in [4.78, 5) is 14.0. The maximum Gasteiger partial charge on any atom is 0.225 e. The molecular weight excluding hydrogens is 242 g/mol. The van der Waals surface area contributed by atoms with Crippen molar-refractivity contribution in [2.75, 3.05) is 13.7 Å². The van der Waals surface area contributed by atoms with E-state index in [0.29, 0.717) is 6.54 Å². The highest BCUT2D eigenvalue weighted by Gasteiger charge is 2.25. The number of aliphatic hydroxyl groups is 1. The number of carbonyl (C=O) groups excluding carboxylic acids is 1. The maximum atomic E-state index is 12.1. The number of likely N-dealkylation sites (tertiary alicyclic amines) is 1. The van der Waals surface area contributed by atoms with E-state index in [9.17, 15) is 9.90 Å². The SMILES string of the molecule is COc1ccc(CO)cc1CN1CCCC(C)C1=O. The number of carbonyl (C=O) groups is 1. The first-order chi connectivity index (χ1) is 9.15. The number of hydrogen-bond acceptors (Lipinski definition) is 3. The first-order valence-electron chi connectivity index (χ1n) is 6.71. The van der Waals surface area contributed by atoms with E-state index in [1.165, 1.54) is 0 Å². The lowest BCUT2D eigenvalue weighted by molar-refractivity contribution is -0.138. The van der Waals surface area contributed by atoms with E-state index in [0.717, 1.165) is 36.3 Å². The van der Waals surface area contributed by atoms with Crippen LogP contribution in [0.15, 0.2) is 18.2 Å². The van der Waals surface area contributed by atoms with Gasteiger partial charge in [0.25, 0.3) is 0 Å². The van der Waals surface area contributed by atoms with Crippen LogP contribution in [-0.4, -0.2) is 29.6 Å². The highest BCUT2D eigenvalue weighted by Crippen LogP contribution is 2.25. The number of amides is 1. The molecule has 1 unspecified atom stereocenters. The van der Waals surface area contributed by atoms with E-state index in [1.54, 1.807) is 7.11 Å². The average molecular weight is 263 g/mol. The molecular formula is C15H21NO3. The van der Waals surface area contributed by atoms with Gasteiger partial charge in [-0.2, -0.15) is 0 Å². The van der Waals surface area contributed by atoms with E-state index in [4.69, 9.17) is 4.74 Å². The molecule has 0 aromatic heterocycles. The molecule has 0 saturated carbocycles. The summed E-state index contributed by atoms with van der Waals surface area (Å²) in [6.07, 6.45) is 2.03. The topological polar surface area (TPSA) is 49.8 Å². The van der Waals surface area contributed by atoms with Crippen LogP contribution in [0.25, 0.3) is 0 Å². The van der Waals surface area contributed by atoms with Crippen LogP contribution in [0, 0.1) is 5.92 Å². The maximum absolute atomic E-state index is 12.1. The molecule has 4 nitrogen and oxygen atoms in total. The van der Waals surface area contributed by atoms with Gasteiger partial charge in [0.1, 0.15) is 5.75 Å². The number of benzene rings is 1. The number of piperidine rings is 1. The Morgan fingerprint density at radius 2 is 2.26 bits per heavy atom. The molecule has 0 bridgehead atoms. The highest BCUT2D eigenvalue weighted by molar-refractivity contribution is 5.79. The lowest BCUT2D eigenvalue weighted by Crippen LogP contribution is -2.39. The van der Waals surface area contributed by atoms with Gasteiger partial charge in [-0.3, -0.25) is 4.79 Å². The van der Waals surface area contributed by atoms with Gasteiger partial charge in [0.2, 0.25) is 5.91 Å². The molecule has 1 atom stereocenters. The molecule has 1 aliphatic rings. The van der Waals surface area contributed by atoms with Crippen molar-refractivity contribution in [1.82, 2.24) is 4.90 Å². The summed E-state index contributed by atoms with van der Waals surface area (Å²) in [5.41, 5.74) is 1.80. The third-order valence-corrected chi connectivity index (χ3v) is 3.69. The van der Waals surface area contributed by atoms with Gasteiger partial charge < -0.3 is 14.7 Å². The first kappa shape index (κ1) is 13.9. The van der Waals surface area contributed by atoms with Crippen LogP contribution in [0.1, 0.15) is 30.9 Å². The van der Waals surface area contributed by atoms with Gasteiger partial charge in [0.15, 0.2) is 0 Å². The second kappa shape index (κ2) is 6.06. The second-order valence-corrected chi connectivity index (χ2v) is 5.11. The van der Waals surface area contributed by atoms with E-state index < -0.39 is 0 Å². The molecule has 0 aliphatic carbocycles. The second-order valence-electron chi connectivity index (χ2n) is 5.11. The van der Waals surface area contributed by atoms with Gasteiger partial charge in [0.05, 0.1) is 13.7 Å². The Labute approximate surface area is 114 Å².